The first-order valence-electron chi connectivity index (χ1n) is 2.82. The predicted octanol–water partition coefficient (Wildman–Crippen LogP) is 2.66. The molecule has 0 fully saturated rings. The SMILES string of the molecule is [Si]Cc1cc(Cl)ccc1Cl. The van der Waals surface area contributed by atoms with Crippen molar-refractivity contribution in [1.29, 1.82) is 0 Å². The van der Waals surface area contributed by atoms with Crippen LogP contribution in [0, 0.1) is 0 Å². The second-order valence-corrected chi connectivity index (χ2v) is 3.11. The maximum absolute atomic E-state index is 5.81. The van der Waals surface area contributed by atoms with Crippen LogP contribution in [0.2, 0.25) is 10.0 Å². The third kappa shape index (κ3) is 1.75. The van der Waals surface area contributed by atoms with Crippen LogP contribution in [0.1, 0.15) is 5.56 Å². The fourth-order valence-corrected chi connectivity index (χ4v) is 1.46. The molecule has 0 unspecified atom stereocenters. The second-order valence-electron chi connectivity index (χ2n) is 1.91. The smallest absolute Gasteiger partial charge is 0.0435 e. The van der Waals surface area contributed by atoms with Gasteiger partial charge in [-0.2, -0.15) is 0 Å². The van der Waals surface area contributed by atoms with Gasteiger partial charge in [-0.3, -0.25) is 0 Å². The average Bonchev–Trinajstić information content (AvgIpc) is 1.94. The van der Waals surface area contributed by atoms with E-state index in [1.54, 1.807) is 12.1 Å². The van der Waals surface area contributed by atoms with Crippen molar-refractivity contribution in [1.82, 2.24) is 0 Å². The third-order valence-corrected chi connectivity index (χ3v) is 2.18. The van der Waals surface area contributed by atoms with E-state index in [0.29, 0.717) is 0 Å². The third-order valence-electron chi connectivity index (χ3n) is 1.20. The van der Waals surface area contributed by atoms with Gasteiger partial charge in [0, 0.05) is 20.3 Å². The maximum Gasteiger partial charge on any atom is 0.0435 e. The molecule has 0 aliphatic rings. The van der Waals surface area contributed by atoms with Crippen LogP contribution in [0.5, 0.6) is 0 Å². The van der Waals surface area contributed by atoms with Gasteiger partial charge >= 0.3 is 0 Å². The molecule has 1 aromatic rings. The molecule has 3 radical (unpaired) electrons. The highest BCUT2D eigenvalue weighted by molar-refractivity contribution is 6.34. The molecule has 0 nitrogen and oxygen atoms in total. The highest BCUT2D eigenvalue weighted by Crippen LogP contribution is 2.19. The molecule has 0 saturated heterocycles. The van der Waals surface area contributed by atoms with Gasteiger partial charge in [-0.1, -0.05) is 23.2 Å². The molecule has 1 aromatic carbocycles. The van der Waals surface area contributed by atoms with Crippen molar-refractivity contribution in [2.24, 2.45) is 0 Å². The zero-order chi connectivity index (χ0) is 7.56. The first-order chi connectivity index (χ1) is 4.74. The second kappa shape index (κ2) is 3.42. The molecule has 0 aliphatic carbocycles. The van der Waals surface area contributed by atoms with Crippen molar-refractivity contribution in [2.75, 3.05) is 0 Å². The standard InChI is InChI=1S/C7H5Cl2Si/c8-6-1-2-7(9)5(3-6)4-10/h1-3H,4H2. The van der Waals surface area contributed by atoms with Gasteiger partial charge in [0.05, 0.1) is 0 Å². The zero-order valence-electron chi connectivity index (χ0n) is 5.20. The molecule has 1 rings (SSSR count). The molecule has 0 aromatic heterocycles. The van der Waals surface area contributed by atoms with E-state index in [-0.39, 0.29) is 0 Å². The van der Waals surface area contributed by atoms with Crippen LogP contribution >= 0.6 is 23.2 Å². The van der Waals surface area contributed by atoms with Crippen LogP contribution in [0.25, 0.3) is 0 Å². The Kier molecular flexibility index (Phi) is 2.78. The van der Waals surface area contributed by atoms with Gasteiger partial charge in [0.25, 0.3) is 0 Å². The summed E-state index contributed by atoms with van der Waals surface area (Å²) in [6.07, 6.45) is 0. The molecule has 0 bridgehead atoms. The number of halogens is 2. The normalized spacial score (nSPS) is 9.90. The maximum atomic E-state index is 5.81. The highest BCUT2D eigenvalue weighted by atomic mass is 35.5. The minimum Gasteiger partial charge on any atom is -0.0843 e. The fourth-order valence-electron chi connectivity index (χ4n) is 0.679. The lowest BCUT2D eigenvalue weighted by Gasteiger charge is -1.99. The van der Waals surface area contributed by atoms with Crippen molar-refractivity contribution >= 4 is 33.4 Å². The van der Waals surface area contributed by atoms with Gasteiger partial charge in [-0.15, -0.1) is 0 Å². The van der Waals surface area contributed by atoms with Crippen molar-refractivity contribution in [3.8, 4) is 0 Å². The summed E-state index contributed by atoms with van der Waals surface area (Å²) >= 11 is 11.5. The van der Waals surface area contributed by atoms with Gasteiger partial charge in [0.15, 0.2) is 0 Å². The van der Waals surface area contributed by atoms with Crippen molar-refractivity contribution in [3.05, 3.63) is 33.8 Å². The van der Waals surface area contributed by atoms with Gasteiger partial charge in [0.1, 0.15) is 0 Å². The molecule has 0 aliphatic heterocycles. The van der Waals surface area contributed by atoms with Gasteiger partial charge < -0.3 is 0 Å². The summed E-state index contributed by atoms with van der Waals surface area (Å²) in [5, 5.41) is 1.47. The van der Waals surface area contributed by atoms with E-state index in [9.17, 15) is 0 Å². The lowest BCUT2D eigenvalue weighted by molar-refractivity contribution is 1.40. The van der Waals surface area contributed by atoms with Crippen LogP contribution in [-0.4, -0.2) is 10.2 Å². The molecule has 10 heavy (non-hydrogen) atoms. The fraction of sp³-hybridized carbons (Fsp3) is 0.143. The Balaban J connectivity index is 3.09. The highest BCUT2D eigenvalue weighted by Gasteiger charge is 1.96. The van der Waals surface area contributed by atoms with Crippen LogP contribution in [-0.2, 0) is 6.04 Å². The van der Waals surface area contributed by atoms with E-state index in [1.807, 2.05) is 6.07 Å². The van der Waals surface area contributed by atoms with Gasteiger partial charge in [-0.25, -0.2) is 0 Å². The molecule has 0 amide bonds. The lowest BCUT2D eigenvalue weighted by Crippen LogP contribution is -1.84. The van der Waals surface area contributed by atoms with Gasteiger partial charge in [0.2, 0.25) is 0 Å². The molecular formula is C7H5Cl2Si. The van der Waals surface area contributed by atoms with E-state index in [1.165, 1.54) is 0 Å². The summed E-state index contributed by atoms with van der Waals surface area (Å²) in [5.74, 6) is 0. The number of benzene rings is 1. The predicted molar refractivity (Wildman–Crippen MR) is 45.9 cm³/mol. The Bertz CT molecular complexity index is 235. The van der Waals surface area contributed by atoms with Crippen LogP contribution < -0.4 is 0 Å². The summed E-state index contributed by atoms with van der Waals surface area (Å²) in [5.41, 5.74) is 1.02. The van der Waals surface area contributed by atoms with E-state index in [4.69, 9.17) is 23.2 Å². The zero-order valence-corrected chi connectivity index (χ0v) is 7.71. The first-order valence-corrected chi connectivity index (χ1v) is 4.29. The summed E-state index contributed by atoms with van der Waals surface area (Å²) in [6.45, 7) is 0. The molecule has 0 spiro atoms. The van der Waals surface area contributed by atoms with Crippen LogP contribution in [0.15, 0.2) is 18.2 Å². The monoisotopic (exact) mass is 187 g/mol. The molecule has 3 heteroatoms. The van der Waals surface area contributed by atoms with E-state index in [2.05, 4.69) is 10.2 Å². The van der Waals surface area contributed by atoms with Crippen molar-refractivity contribution in [2.45, 2.75) is 6.04 Å². The summed E-state index contributed by atoms with van der Waals surface area (Å²) < 4.78 is 0. The Morgan fingerprint density at radius 1 is 1.30 bits per heavy atom. The largest absolute Gasteiger partial charge is 0.0843 e. The Morgan fingerprint density at radius 3 is 2.50 bits per heavy atom. The minimum atomic E-state index is 0.720. The van der Waals surface area contributed by atoms with E-state index < -0.39 is 0 Å². The molecule has 0 atom stereocenters. The Hall–Kier alpha value is 0.0169. The summed E-state index contributed by atoms with van der Waals surface area (Å²) in [4.78, 5) is 0. The minimum absolute atomic E-state index is 0.720. The molecule has 0 saturated carbocycles. The molecular weight excluding hydrogens is 183 g/mol. The quantitative estimate of drug-likeness (QED) is 0.594. The topological polar surface area (TPSA) is 0 Å². The summed E-state index contributed by atoms with van der Waals surface area (Å²) in [7, 11) is 3.35. The molecule has 51 valence electrons. The Morgan fingerprint density at radius 2 is 2.00 bits per heavy atom. The lowest BCUT2D eigenvalue weighted by atomic mass is 10.2. The average molecular weight is 188 g/mol. The number of hydrogen-bond donors (Lipinski definition) is 0. The van der Waals surface area contributed by atoms with Crippen LogP contribution in [0.3, 0.4) is 0 Å². The number of rotatable bonds is 1. The van der Waals surface area contributed by atoms with Crippen molar-refractivity contribution < 1.29 is 0 Å². The molecule has 0 heterocycles. The van der Waals surface area contributed by atoms with E-state index >= 15 is 0 Å². The molecule has 0 N–H and O–H groups in total. The van der Waals surface area contributed by atoms with Crippen LogP contribution in [0.4, 0.5) is 0 Å². The first kappa shape index (κ1) is 8.12. The van der Waals surface area contributed by atoms with Crippen molar-refractivity contribution in [3.63, 3.8) is 0 Å². The van der Waals surface area contributed by atoms with E-state index in [0.717, 1.165) is 21.7 Å². The Labute approximate surface area is 73.6 Å². The summed E-state index contributed by atoms with van der Waals surface area (Å²) in [6, 6.07) is 6.14. The van der Waals surface area contributed by atoms with Gasteiger partial charge in [-0.05, 0) is 29.8 Å². The number of hydrogen-bond acceptors (Lipinski definition) is 0.